The zero-order chi connectivity index (χ0) is 14.7. The maximum atomic E-state index is 11.9. The minimum atomic E-state index is -0.122. The average molecular weight is 281 g/mol. The number of fused-ring (bicyclic) bond motifs is 1. The minimum Gasteiger partial charge on any atom is -0.348 e. The summed E-state index contributed by atoms with van der Waals surface area (Å²) in [5.41, 5.74) is 1.07. The molecule has 0 unspecified atom stereocenters. The van der Waals surface area contributed by atoms with Crippen LogP contribution in [0.1, 0.15) is 18.5 Å². The van der Waals surface area contributed by atoms with Crippen molar-refractivity contribution in [2.75, 3.05) is 0 Å². The molecule has 0 fully saturated rings. The van der Waals surface area contributed by atoms with Crippen LogP contribution in [0.25, 0.3) is 10.8 Å². The topological polar surface area (TPSA) is 72.7 Å². The molecule has 3 rings (SSSR count). The largest absolute Gasteiger partial charge is 0.348 e. The summed E-state index contributed by atoms with van der Waals surface area (Å²) in [6.45, 7) is 2.08. The highest BCUT2D eigenvalue weighted by Crippen LogP contribution is 2.20. The van der Waals surface area contributed by atoms with Crippen LogP contribution < -0.4 is 5.32 Å². The predicted molar refractivity (Wildman–Crippen MR) is 78.3 cm³/mol. The van der Waals surface area contributed by atoms with Gasteiger partial charge in [-0.05, 0) is 39.8 Å². The number of hydrogen-bond donors (Lipinski definition) is 1. The highest BCUT2D eigenvalue weighted by atomic mass is 16.2. The van der Waals surface area contributed by atoms with Crippen LogP contribution >= 0.6 is 0 Å². The lowest BCUT2D eigenvalue weighted by Crippen LogP contribution is -2.30. The van der Waals surface area contributed by atoms with Crippen LogP contribution in [-0.4, -0.2) is 26.1 Å². The van der Waals surface area contributed by atoms with E-state index < -0.39 is 0 Å². The second-order valence-corrected chi connectivity index (χ2v) is 4.90. The summed E-state index contributed by atoms with van der Waals surface area (Å²) in [7, 11) is 0. The fourth-order valence-corrected chi connectivity index (χ4v) is 2.25. The second kappa shape index (κ2) is 5.70. The third-order valence-corrected chi connectivity index (χ3v) is 3.35. The first-order chi connectivity index (χ1) is 10.2. The molecule has 3 aromatic rings. The van der Waals surface area contributed by atoms with Crippen molar-refractivity contribution in [1.82, 2.24) is 25.5 Å². The molecule has 21 heavy (non-hydrogen) atoms. The Hall–Kier alpha value is -2.76. The van der Waals surface area contributed by atoms with Gasteiger partial charge in [-0.2, -0.15) is 0 Å². The molecule has 1 heterocycles. The number of amides is 1. The fraction of sp³-hybridized carbons (Fsp3) is 0.200. The molecule has 1 amide bonds. The van der Waals surface area contributed by atoms with Gasteiger partial charge in [-0.15, -0.1) is 5.10 Å². The van der Waals surface area contributed by atoms with E-state index >= 15 is 0 Å². The van der Waals surface area contributed by atoms with E-state index in [9.17, 15) is 4.79 Å². The van der Waals surface area contributed by atoms with E-state index in [0.29, 0.717) is 0 Å². The molecular weight excluding hydrogens is 266 g/mol. The van der Waals surface area contributed by atoms with Crippen molar-refractivity contribution in [1.29, 1.82) is 0 Å². The molecule has 1 N–H and O–H groups in total. The van der Waals surface area contributed by atoms with Gasteiger partial charge in [0, 0.05) is 0 Å². The Balaban J connectivity index is 1.71. The third kappa shape index (κ3) is 3.05. The van der Waals surface area contributed by atoms with Crippen LogP contribution in [0, 0.1) is 0 Å². The lowest BCUT2D eigenvalue weighted by Gasteiger charge is -2.15. The van der Waals surface area contributed by atoms with Gasteiger partial charge in [0.1, 0.15) is 12.9 Å². The number of benzene rings is 2. The molecule has 0 spiro atoms. The number of rotatable bonds is 4. The fourth-order valence-electron chi connectivity index (χ4n) is 2.25. The lowest BCUT2D eigenvalue weighted by atomic mass is 10.0. The van der Waals surface area contributed by atoms with Crippen molar-refractivity contribution in [3.8, 4) is 0 Å². The maximum absolute atomic E-state index is 11.9. The van der Waals surface area contributed by atoms with Crippen LogP contribution in [-0.2, 0) is 11.3 Å². The summed E-state index contributed by atoms with van der Waals surface area (Å²) in [5.74, 6) is -0.122. The van der Waals surface area contributed by atoms with Crippen molar-refractivity contribution >= 4 is 16.7 Å². The molecule has 0 aliphatic rings. The number of aromatic nitrogens is 4. The summed E-state index contributed by atoms with van der Waals surface area (Å²) in [5, 5.41) is 16.0. The predicted octanol–water partition coefficient (Wildman–Crippen LogP) is 1.70. The van der Waals surface area contributed by atoms with E-state index in [1.165, 1.54) is 16.4 Å². The van der Waals surface area contributed by atoms with E-state index in [4.69, 9.17) is 0 Å². The SMILES string of the molecule is C[C@H](NC(=O)Cn1cnnn1)c1ccc2ccccc2c1. The molecule has 6 heteroatoms. The van der Waals surface area contributed by atoms with Gasteiger partial charge in [-0.1, -0.05) is 36.4 Å². The lowest BCUT2D eigenvalue weighted by molar-refractivity contribution is -0.122. The van der Waals surface area contributed by atoms with E-state index in [-0.39, 0.29) is 18.5 Å². The van der Waals surface area contributed by atoms with Crippen molar-refractivity contribution in [2.45, 2.75) is 19.5 Å². The summed E-state index contributed by atoms with van der Waals surface area (Å²) < 4.78 is 1.39. The van der Waals surface area contributed by atoms with E-state index in [0.717, 1.165) is 10.9 Å². The summed E-state index contributed by atoms with van der Waals surface area (Å²) >= 11 is 0. The summed E-state index contributed by atoms with van der Waals surface area (Å²) in [4.78, 5) is 11.9. The van der Waals surface area contributed by atoms with Crippen molar-refractivity contribution < 1.29 is 4.79 Å². The Labute approximate surface area is 121 Å². The van der Waals surface area contributed by atoms with Crippen LogP contribution in [0.4, 0.5) is 0 Å². The van der Waals surface area contributed by atoms with Gasteiger partial charge >= 0.3 is 0 Å². The van der Waals surface area contributed by atoms with Gasteiger partial charge < -0.3 is 5.32 Å². The minimum absolute atomic E-state index is 0.0708. The zero-order valence-electron chi connectivity index (χ0n) is 11.6. The first kappa shape index (κ1) is 13.2. The maximum Gasteiger partial charge on any atom is 0.242 e. The number of hydrogen-bond acceptors (Lipinski definition) is 4. The second-order valence-electron chi connectivity index (χ2n) is 4.90. The smallest absolute Gasteiger partial charge is 0.242 e. The molecule has 0 saturated carbocycles. The van der Waals surface area contributed by atoms with Gasteiger partial charge in [0.2, 0.25) is 5.91 Å². The number of tetrazole rings is 1. The van der Waals surface area contributed by atoms with Crippen LogP contribution in [0.3, 0.4) is 0 Å². The van der Waals surface area contributed by atoms with E-state index in [1.54, 1.807) is 0 Å². The molecular formula is C15H15N5O. The highest BCUT2D eigenvalue weighted by Gasteiger charge is 2.11. The Morgan fingerprint density at radius 3 is 2.81 bits per heavy atom. The monoisotopic (exact) mass is 281 g/mol. The molecule has 0 aliphatic heterocycles. The van der Waals surface area contributed by atoms with Crippen LogP contribution in [0.5, 0.6) is 0 Å². The quantitative estimate of drug-likeness (QED) is 0.790. The Morgan fingerprint density at radius 2 is 2.05 bits per heavy atom. The molecule has 1 atom stereocenters. The number of carbonyl (C=O) groups excluding carboxylic acids is 1. The van der Waals surface area contributed by atoms with Gasteiger partial charge in [0.05, 0.1) is 6.04 Å². The number of carbonyl (C=O) groups is 1. The number of nitrogens with zero attached hydrogens (tertiary/aromatic N) is 4. The first-order valence-corrected chi connectivity index (χ1v) is 6.71. The molecule has 0 aliphatic carbocycles. The van der Waals surface area contributed by atoms with Gasteiger partial charge in [0.15, 0.2) is 0 Å². The Morgan fingerprint density at radius 1 is 1.24 bits per heavy atom. The van der Waals surface area contributed by atoms with E-state index in [1.807, 2.05) is 25.1 Å². The zero-order valence-corrected chi connectivity index (χ0v) is 11.6. The summed E-state index contributed by atoms with van der Waals surface area (Å²) in [6, 6.07) is 14.3. The standard InChI is InChI=1S/C15H15N5O/c1-11(17-15(21)9-20-10-16-18-19-20)13-7-6-12-4-2-3-5-14(12)8-13/h2-8,10-11H,9H2,1H3,(H,17,21)/t11-/m0/s1. The molecule has 0 saturated heterocycles. The molecule has 2 aromatic carbocycles. The van der Waals surface area contributed by atoms with Gasteiger partial charge in [-0.3, -0.25) is 4.79 Å². The average Bonchev–Trinajstić information content (AvgIpc) is 2.99. The summed E-state index contributed by atoms with van der Waals surface area (Å²) in [6.07, 6.45) is 1.42. The molecule has 0 bridgehead atoms. The molecule has 0 radical (unpaired) electrons. The third-order valence-electron chi connectivity index (χ3n) is 3.35. The Bertz CT molecular complexity index is 754. The Kier molecular flexibility index (Phi) is 3.59. The van der Waals surface area contributed by atoms with Crippen molar-refractivity contribution in [3.05, 3.63) is 54.4 Å². The molecule has 1 aromatic heterocycles. The molecule has 106 valence electrons. The normalized spacial score (nSPS) is 12.2. The first-order valence-electron chi connectivity index (χ1n) is 6.71. The molecule has 6 nitrogen and oxygen atoms in total. The van der Waals surface area contributed by atoms with Crippen LogP contribution in [0.15, 0.2) is 48.8 Å². The van der Waals surface area contributed by atoms with Crippen LogP contribution in [0.2, 0.25) is 0 Å². The van der Waals surface area contributed by atoms with Crippen molar-refractivity contribution in [3.63, 3.8) is 0 Å². The number of nitrogens with one attached hydrogen (secondary N) is 1. The van der Waals surface area contributed by atoms with Gasteiger partial charge in [-0.25, -0.2) is 4.68 Å². The van der Waals surface area contributed by atoms with E-state index in [2.05, 4.69) is 45.1 Å². The van der Waals surface area contributed by atoms with Gasteiger partial charge in [0.25, 0.3) is 0 Å². The van der Waals surface area contributed by atoms with Crippen molar-refractivity contribution in [2.24, 2.45) is 0 Å². The highest BCUT2D eigenvalue weighted by molar-refractivity contribution is 5.83.